The molecule has 1 aliphatic heterocycles. The van der Waals surface area contributed by atoms with Crippen LogP contribution in [-0.4, -0.2) is 54.5 Å². The van der Waals surface area contributed by atoms with E-state index in [4.69, 9.17) is 10.5 Å². The highest BCUT2D eigenvalue weighted by Gasteiger charge is 2.33. The number of H-pyrrole nitrogens is 1. The van der Waals surface area contributed by atoms with Gasteiger partial charge < -0.3 is 15.5 Å². The van der Waals surface area contributed by atoms with Crippen LogP contribution in [0.15, 0.2) is 11.2 Å². The monoisotopic (exact) mass is 288 g/mol. The third-order valence-corrected chi connectivity index (χ3v) is 4.98. The van der Waals surface area contributed by atoms with Gasteiger partial charge in [-0.2, -0.15) is 4.31 Å². The smallest absolute Gasteiger partial charge is 0.260 e. The topological polar surface area (TPSA) is 101 Å². The van der Waals surface area contributed by atoms with E-state index in [9.17, 15) is 8.42 Å². The fourth-order valence-electron chi connectivity index (χ4n) is 1.98. The van der Waals surface area contributed by atoms with Gasteiger partial charge in [0.15, 0.2) is 5.03 Å². The van der Waals surface area contributed by atoms with Crippen molar-refractivity contribution in [3.05, 3.63) is 12.0 Å². The maximum absolute atomic E-state index is 12.4. The molecule has 2 unspecified atom stereocenters. The van der Waals surface area contributed by atoms with Crippen molar-refractivity contribution in [2.24, 2.45) is 5.73 Å². The number of ether oxygens (including phenoxy) is 1. The van der Waals surface area contributed by atoms with Crippen molar-refractivity contribution in [1.82, 2.24) is 14.3 Å². The number of sulfonamides is 1. The Bertz CT molecular complexity index is 526. The molecule has 0 amide bonds. The van der Waals surface area contributed by atoms with Crippen LogP contribution >= 0.6 is 0 Å². The number of hydrogen-bond acceptors (Lipinski definition) is 5. The Morgan fingerprint density at radius 3 is 3.00 bits per heavy atom. The first-order chi connectivity index (χ1) is 8.95. The summed E-state index contributed by atoms with van der Waals surface area (Å²) in [5, 5.41) is 0.134. The zero-order valence-electron chi connectivity index (χ0n) is 11.2. The van der Waals surface area contributed by atoms with Crippen molar-refractivity contribution >= 4 is 10.0 Å². The molecule has 19 heavy (non-hydrogen) atoms. The van der Waals surface area contributed by atoms with E-state index in [0.29, 0.717) is 25.4 Å². The van der Waals surface area contributed by atoms with Gasteiger partial charge >= 0.3 is 0 Å². The number of hydrogen-bond donors (Lipinski definition) is 2. The highest BCUT2D eigenvalue weighted by atomic mass is 32.2. The van der Waals surface area contributed by atoms with E-state index in [-0.39, 0.29) is 23.7 Å². The summed E-state index contributed by atoms with van der Waals surface area (Å²) in [6, 6.07) is -0.203. The number of imidazole rings is 1. The van der Waals surface area contributed by atoms with E-state index in [1.54, 1.807) is 0 Å². The van der Waals surface area contributed by atoms with E-state index >= 15 is 0 Å². The molecule has 8 heteroatoms. The molecule has 1 aromatic rings. The summed E-state index contributed by atoms with van der Waals surface area (Å²) < 4.78 is 31.8. The van der Waals surface area contributed by atoms with Gasteiger partial charge in [0, 0.05) is 25.6 Å². The van der Waals surface area contributed by atoms with Crippen molar-refractivity contribution in [3.8, 4) is 0 Å². The number of nitrogens with zero attached hydrogens (tertiary/aromatic N) is 2. The van der Waals surface area contributed by atoms with Crippen LogP contribution < -0.4 is 5.73 Å². The minimum atomic E-state index is -3.54. The van der Waals surface area contributed by atoms with Gasteiger partial charge in [-0.05, 0) is 6.92 Å². The minimum absolute atomic E-state index is 0.134. The average molecular weight is 288 g/mol. The second-order valence-electron chi connectivity index (χ2n) is 4.68. The fourth-order valence-corrected chi connectivity index (χ4v) is 3.35. The normalized spacial score (nSPS) is 23.4. The van der Waals surface area contributed by atoms with Crippen molar-refractivity contribution in [1.29, 1.82) is 0 Å². The predicted molar refractivity (Wildman–Crippen MR) is 70.1 cm³/mol. The molecule has 2 heterocycles. The third kappa shape index (κ3) is 2.97. The van der Waals surface area contributed by atoms with Gasteiger partial charge in [0.05, 0.1) is 18.9 Å². The number of aromatic nitrogens is 2. The van der Waals surface area contributed by atoms with Crippen molar-refractivity contribution in [2.45, 2.75) is 37.4 Å². The van der Waals surface area contributed by atoms with E-state index < -0.39 is 10.0 Å². The third-order valence-electron chi connectivity index (χ3n) is 3.20. The van der Waals surface area contributed by atoms with Crippen molar-refractivity contribution in [3.63, 3.8) is 0 Å². The number of morpholine rings is 1. The summed E-state index contributed by atoms with van der Waals surface area (Å²) in [5.41, 5.74) is 5.77. The number of nitrogens with one attached hydrogen (secondary N) is 1. The Hall–Kier alpha value is -0.960. The lowest BCUT2D eigenvalue weighted by atomic mass is 10.2. The summed E-state index contributed by atoms with van der Waals surface area (Å²) in [6.07, 6.45) is 1.77. The standard InChI is InChI=1S/C11H20N4O3S/c1-3-10-13-6-11(14-10)19(16,17)15-4-5-18-9(7-15)8(2)12/h6,8-9H,3-5,7,12H2,1-2H3,(H,13,14). The van der Waals surface area contributed by atoms with Crippen LogP contribution in [0.25, 0.3) is 0 Å². The minimum Gasteiger partial charge on any atom is -0.374 e. The molecule has 3 N–H and O–H groups in total. The molecule has 0 aromatic carbocycles. The van der Waals surface area contributed by atoms with Gasteiger partial charge in [-0.3, -0.25) is 0 Å². The number of nitrogens with two attached hydrogens (primary N) is 1. The molecule has 2 rings (SSSR count). The number of aromatic amines is 1. The second kappa shape index (κ2) is 5.58. The van der Waals surface area contributed by atoms with Crippen LogP contribution in [0.3, 0.4) is 0 Å². The maximum Gasteiger partial charge on any atom is 0.260 e. The van der Waals surface area contributed by atoms with Crippen molar-refractivity contribution < 1.29 is 13.2 Å². The first-order valence-electron chi connectivity index (χ1n) is 6.36. The van der Waals surface area contributed by atoms with Crippen LogP contribution in [-0.2, 0) is 21.2 Å². The van der Waals surface area contributed by atoms with Crippen LogP contribution in [0, 0.1) is 0 Å². The molecule has 1 fully saturated rings. The molecular formula is C11H20N4O3S. The summed E-state index contributed by atoms with van der Waals surface area (Å²) >= 11 is 0. The van der Waals surface area contributed by atoms with Crippen LogP contribution in [0.2, 0.25) is 0 Å². The highest BCUT2D eigenvalue weighted by molar-refractivity contribution is 7.89. The zero-order valence-corrected chi connectivity index (χ0v) is 12.0. The Kier molecular flexibility index (Phi) is 4.24. The van der Waals surface area contributed by atoms with Gasteiger partial charge in [-0.25, -0.2) is 13.4 Å². The predicted octanol–water partition coefficient (Wildman–Crippen LogP) is -0.291. The van der Waals surface area contributed by atoms with Crippen molar-refractivity contribution in [2.75, 3.05) is 19.7 Å². The molecule has 2 atom stereocenters. The molecule has 1 aromatic heterocycles. The fraction of sp³-hybridized carbons (Fsp3) is 0.727. The molecule has 1 saturated heterocycles. The number of rotatable bonds is 4. The van der Waals surface area contributed by atoms with Gasteiger partial charge in [-0.15, -0.1) is 0 Å². The van der Waals surface area contributed by atoms with Crippen LogP contribution in [0.1, 0.15) is 19.7 Å². The lowest BCUT2D eigenvalue weighted by Crippen LogP contribution is -2.51. The van der Waals surface area contributed by atoms with Gasteiger partial charge in [0.2, 0.25) is 0 Å². The largest absolute Gasteiger partial charge is 0.374 e. The van der Waals surface area contributed by atoms with E-state index in [1.165, 1.54) is 10.5 Å². The van der Waals surface area contributed by atoms with E-state index in [2.05, 4.69) is 9.97 Å². The average Bonchev–Trinajstić information content (AvgIpc) is 2.88. The Morgan fingerprint density at radius 2 is 2.42 bits per heavy atom. The van der Waals surface area contributed by atoms with E-state index in [1.807, 2.05) is 13.8 Å². The molecule has 0 spiro atoms. The second-order valence-corrected chi connectivity index (χ2v) is 6.59. The van der Waals surface area contributed by atoms with Gasteiger partial charge in [0.25, 0.3) is 10.0 Å². The van der Waals surface area contributed by atoms with Gasteiger partial charge in [-0.1, -0.05) is 6.92 Å². The summed E-state index contributed by atoms with van der Waals surface area (Å²) in [5.74, 6) is 0.663. The quantitative estimate of drug-likeness (QED) is 0.792. The lowest BCUT2D eigenvalue weighted by molar-refractivity contribution is -0.0120. The van der Waals surface area contributed by atoms with Gasteiger partial charge in [0.1, 0.15) is 5.82 Å². The first-order valence-corrected chi connectivity index (χ1v) is 7.80. The number of aryl methyl sites for hydroxylation is 1. The summed E-state index contributed by atoms with van der Waals surface area (Å²) in [6.45, 7) is 4.70. The van der Waals surface area contributed by atoms with E-state index in [0.717, 1.165) is 0 Å². The molecule has 0 aliphatic carbocycles. The zero-order chi connectivity index (χ0) is 14.0. The molecule has 1 aliphatic rings. The lowest BCUT2D eigenvalue weighted by Gasteiger charge is -2.33. The Balaban J connectivity index is 2.19. The molecule has 0 bridgehead atoms. The molecule has 7 nitrogen and oxygen atoms in total. The maximum atomic E-state index is 12.4. The summed E-state index contributed by atoms with van der Waals surface area (Å²) in [4.78, 5) is 6.86. The van der Waals surface area contributed by atoms with Crippen LogP contribution in [0.4, 0.5) is 0 Å². The molecule has 0 saturated carbocycles. The molecule has 0 radical (unpaired) electrons. The summed E-state index contributed by atoms with van der Waals surface area (Å²) in [7, 11) is -3.54. The Labute approximate surface area is 113 Å². The first kappa shape index (κ1) is 14.4. The SMILES string of the molecule is CCc1ncc(S(=O)(=O)N2CCOC(C(C)N)C2)[nH]1. The molecule has 108 valence electrons. The highest BCUT2D eigenvalue weighted by Crippen LogP contribution is 2.18. The molecular weight excluding hydrogens is 268 g/mol. The Morgan fingerprint density at radius 1 is 1.68 bits per heavy atom. The van der Waals surface area contributed by atoms with Crippen LogP contribution in [0.5, 0.6) is 0 Å².